The quantitative estimate of drug-likeness (QED) is 0.627. The number of hydrogen-bond acceptors (Lipinski definition) is 5. The molecule has 4 rings (SSSR count). The highest BCUT2D eigenvalue weighted by Crippen LogP contribution is 2.48. The number of nitrogens with zero attached hydrogens (tertiary/aromatic N) is 4. The molecule has 1 saturated carbocycles. The molecule has 2 fully saturated rings. The smallest absolute Gasteiger partial charge is 0.225 e. The zero-order valence-electron chi connectivity index (χ0n) is 12.3. The molecule has 0 radical (unpaired) electrons. The van der Waals surface area contributed by atoms with Crippen LogP contribution in [0.5, 0.6) is 0 Å². The third-order valence-electron chi connectivity index (χ3n) is 4.89. The molecule has 2 aromatic rings. The van der Waals surface area contributed by atoms with Gasteiger partial charge in [-0.2, -0.15) is 4.98 Å². The maximum absolute atomic E-state index is 14.2. The number of rotatable bonds is 1. The molecule has 122 valence electrons. The topological polar surface area (TPSA) is 62.1 Å². The standard InChI is InChI=1S/C15H15Cl2FN4O/c16-12-10(18)11-9(6-19-12)13(21-14(17)20-11)22-3-1-2-15(7-22)4-8(23)5-15/h6,8,23H,1-5,7H2. The lowest BCUT2D eigenvalue weighted by Gasteiger charge is -2.51. The Kier molecular flexibility index (Phi) is 3.59. The van der Waals surface area contributed by atoms with Crippen LogP contribution in [0.3, 0.4) is 0 Å². The molecular formula is C15H15Cl2FN4O. The van der Waals surface area contributed by atoms with Gasteiger partial charge in [-0.05, 0) is 42.7 Å². The lowest BCUT2D eigenvalue weighted by molar-refractivity contribution is -0.0396. The fourth-order valence-corrected chi connectivity index (χ4v) is 4.20. The van der Waals surface area contributed by atoms with Crippen LogP contribution < -0.4 is 4.90 Å². The van der Waals surface area contributed by atoms with Crippen LogP contribution in [0.4, 0.5) is 10.2 Å². The minimum atomic E-state index is -0.680. The molecular weight excluding hydrogens is 342 g/mol. The highest BCUT2D eigenvalue weighted by Gasteiger charge is 2.46. The Morgan fingerprint density at radius 1 is 1.30 bits per heavy atom. The summed E-state index contributed by atoms with van der Waals surface area (Å²) in [5.74, 6) is -0.0935. The van der Waals surface area contributed by atoms with Crippen LogP contribution in [0.1, 0.15) is 25.7 Å². The van der Waals surface area contributed by atoms with Gasteiger partial charge < -0.3 is 10.0 Å². The van der Waals surface area contributed by atoms with Crippen molar-refractivity contribution in [2.75, 3.05) is 18.0 Å². The van der Waals surface area contributed by atoms with Crippen LogP contribution in [0.25, 0.3) is 10.9 Å². The summed E-state index contributed by atoms with van der Waals surface area (Å²) in [6.07, 6.45) is 4.98. The number of anilines is 1. The van der Waals surface area contributed by atoms with E-state index in [9.17, 15) is 9.50 Å². The van der Waals surface area contributed by atoms with Crippen LogP contribution in [0, 0.1) is 11.2 Å². The van der Waals surface area contributed by atoms with Gasteiger partial charge >= 0.3 is 0 Å². The Bertz CT molecular complexity index is 776. The molecule has 1 aliphatic heterocycles. The number of fused-ring (bicyclic) bond motifs is 1. The first-order chi connectivity index (χ1) is 11.0. The Morgan fingerprint density at radius 3 is 2.83 bits per heavy atom. The summed E-state index contributed by atoms with van der Waals surface area (Å²) in [6.45, 7) is 1.58. The van der Waals surface area contributed by atoms with E-state index in [2.05, 4.69) is 19.9 Å². The van der Waals surface area contributed by atoms with Crippen LogP contribution >= 0.6 is 23.2 Å². The van der Waals surface area contributed by atoms with E-state index < -0.39 is 5.82 Å². The van der Waals surface area contributed by atoms with Crippen molar-refractivity contribution in [3.8, 4) is 0 Å². The Balaban J connectivity index is 1.78. The molecule has 1 N–H and O–H groups in total. The van der Waals surface area contributed by atoms with E-state index in [1.807, 2.05) is 0 Å². The van der Waals surface area contributed by atoms with Crippen LogP contribution in [0.2, 0.25) is 10.4 Å². The largest absolute Gasteiger partial charge is 0.393 e. The van der Waals surface area contributed by atoms with Crippen LogP contribution in [0.15, 0.2) is 6.20 Å². The van der Waals surface area contributed by atoms with Gasteiger partial charge in [-0.15, -0.1) is 0 Å². The average Bonchev–Trinajstić information content (AvgIpc) is 2.50. The molecule has 0 unspecified atom stereocenters. The molecule has 2 aliphatic rings. The van der Waals surface area contributed by atoms with E-state index in [1.54, 1.807) is 0 Å². The van der Waals surface area contributed by atoms with Crippen molar-refractivity contribution in [3.63, 3.8) is 0 Å². The van der Waals surface area contributed by atoms with Gasteiger partial charge in [0.05, 0.1) is 11.5 Å². The lowest BCUT2D eigenvalue weighted by atomic mass is 9.62. The Labute approximate surface area is 142 Å². The molecule has 8 heteroatoms. The number of halogens is 3. The van der Waals surface area contributed by atoms with Crippen LogP contribution in [-0.2, 0) is 0 Å². The number of piperidine rings is 1. The van der Waals surface area contributed by atoms with Crippen molar-refractivity contribution in [1.82, 2.24) is 15.0 Å². The first kappa shape index (κ1) is 15.3. The SMILES string of the molecule is OC1CC2(CCCN(c3nc(Cl)nc4c(F)c(Cl)ncc34)C2)C1. The summed E-state index contributed by atoms with van der Waals surface area (Å²) in [5, 5.41) is 9.93. The second-order valence-corrected chi connectivity index (χ2v) is 7.22. The van der Waals surface area contributed by atoms with E-state index in [4.69, 9.17) is 23.2 Å². The summed E-state index contributed by atoms with van der Waals surface area (Å²) < 4.78 is 14.2. The minimum Gasteiger partial charge on any atom is -0.393 e. The van der Waals surface area contributed by atoms with Gasteiger partial charge in [0, 0.05) is 19.3 Å². The third-order valence-corrected chi connectivity index (χ3v) is 5.33. The predicted molar refractivity (Wildman–Crippen MR) is 86.4 cm³/mol. The highest BCUT2D eigenvalue weighted by molar-refractivity contribution is 6.30. The normalized spacial score (nSPS) is 27.5. The van der Waals surface area contributed by atoms with E-state index in [0.717, 1.165) is 38.8 Å². The zero-order chi connectivity index (χ0) is 16.2. The van der Waals surface area contributed by atoms with Gasteiger partial charge in [-0.1, -0.05) is 11.6 Å². The summed E-state index contributed by atoms with van der Waals surface area (Å²) in [5.41, 5.74) is 0.216. The molecule has 5 nitrogen and oxygen atoms in total. The Morgan fingerprint density at radius 2 is 2.09 bits per heavy atom. The fraction of sp³-hybridized carbons (Fsp3) is 0.533. The second-order valence-electron chi connectivity index (χ2n) is 6.53. The van der Waals surface area contributed by atoms with Gasteiger partial charge in [0.15, 0.2) is 11.0 Å². The van der Waals surface area contributed by atoms with Crippen molar-refractivity contribution >= 4 is 39.9 Å². The van der Waals surface area contributed by atoms with Crippen molar-refractivity contribution in [1.29, 1.82) is 0 Å². The second kappa shape index (κ2) is 5.40. The van der Waals surface area contributed by atoms with Crippen LogP contribution in [-0.4, -0.2) is 39.3 Å². The third kappa shape index (κ3) is 2.53. The van der Waals surface area contributed by atoms with E-state index in [-0.39, 0.29) is 27.5 Å². The number of pyridine rings is 1. The molecule has 1 saturated heterocycles. The molecule has 1 spiro atoms. The van der Waals surface area contributed by atoms with Gasteiger partial charge in [-0.25, -0.2) is 14.4 Å². The maximum atomic E-state index is 14.2. The minimum absolute atomic E-state index is 0.0121. The monoisotopic (exact) mass is 356 g/mol. The number of hydrogen-bond donors (Lipinski definition) is 1. The average molecular weight is 357 g/mol. The van der Waals surface area contributed by atoms with Crippen molar-refractivity contribution in [2.45, 2.75) is 31.8 Å². The van der Waals surface area contributed by atoms with Gasteiger partial charge in [0.2, 0.25) is 5.28 Å². The summed E-state index contributed by atoms with van der Waals surface area (Å²) in [6, 6.07) is 0. The van der Waals surface area contributed by atoms with Gasteiger partial charge in [0.1, 0.15) is 11.3 Å². The molecule has 0 aromatic carbocycles. The number of aliphatic hydroxyl groups excluding tert-OH is 1. The number of aromatic nitrogens is 3. The fourth-order valence-electron chi connectivity index (χ4n) is 3.90. The first-order valence-electron chi connectivity index (χ1n) is 7.58. The number of aliphatic hydroxyl groups is 1. The van der Waals surface area contributed by atoms with E-state index in [0.29, 0.717) is 11.2 Å². The summed E-state index contributed by atoms with van der Waals surface area (Å²) in [7, 11) is 0. The summed E-state index contributed by atoms with van der Waals surface area (Å²) >= 11 is 11.7. The van der Waals surface area contributed by atoms with Gasteiger partial charge in [-0.3, -0.25) is 0 Å². The van der Waals surface area contributed by atoms with E-state index in [1.165, 1.54) is 6.20 Å². The molecule has 3 heterocycles. The van der Waals surface area contributed by atoms with Crippen molar-refractivity contribution in [2.24, 2.45) is 5.41 Å². The van der Waals surface area contributed by atoms with Gasteiger partial charge in [0.25, 0.3) is 0 Å². The molecule has 0 atom stereocenters. The highest BCUT2D eigenvalue weighted by atomic mass is 35.5. The van der Waals surface area contributed by atoms with Crippen molar-refractivity contribution < 1.29 is 9.50 Å². The first-order valence-corrected chi connectivity index (χ1v) is 8.33. The van der Waals surface area contributed by atoms with Crippen molar-refractivity contribution in [3.05, 3.63) is 22.5 Å². The Hall–Kier alpha value is -1.24. The predicted octanol–water partition coefficient (Wildman–Crippen LogP) is 3.21. The maximum Gasteiger partial charge on any atom is 0.225 e. The van der Waals surface area contributed by atoms with E-state index >= 15 is 0 Å². The lowest BCUT2D eigenvalue weighted by Crippen LogP contribution is -2.52. The molecule has 23 heavy (non-hydrogen) atoms. The molecule has 0 amide bonds. The molecule has 0 bridgehead atoms. The molecule has 2 aromatic heterocycles. The zero-order valence-corrected chi connectivity index (χ0v) is 13.8. The summed E-state index contributed by atoms with van der Waals surface area (Å²) in [4.78, 5) is 14.2. The molecule has 1 aliphatic carbocycles.